The Bertz CT molecular complexity index is 330. The molecule has 4 heteroatoms. The Morgan fingerprint density at radius 1 is 1.11 bits per heavy atom. The van der Waals surface area contributed by atoms with E-state index in [1.165, 1.54) is 38.5 Å². The first-order valence-electron chi connectivity index (χ1n) is 7.40. The highest BCUT2D eigenvalue weighted by Crippen LogP contribution is 2.25. The van der Waals surface area contributed by atoms with E-state index in [0.29, 0.717) is 0 Å². The van der Waals surface area contributed by atoms with Gasteiger partial charge < -0.3 is 9.73 Å². The van der Waals surface area contributed by atoms with Crippen molar-refractivity contribution in [3.63, 3.8) is 0 Å². The third-order valence-electron chi connectivity index (χ3n) is 3.71. The van der Waals surface area contributed by atoms with Crippen LogP contribution in [0.5, 0.6) is 0 Å². The third-order valence-corrected chi connectivity index (χ3v) is 3.71. The fraction of sp³-hybridized carbons (Fsp3) is 0.857. The van der Waals surface area contributed by atoms with Crippen molar-refractivity contribution in [3.8, 4) is 0 Å². The largest absolute Gasteiger partial charge is 0.425 e. The van der Waals surface area contributed by atoms with Gasteiger partial charge >= 0.3 is 0 Å². The maximum absolute atomic E-state index is 5.71. The van der Waals surface area contributed by atoms with E-state index in [2.05, 4.69) is 22.4 Å². The molecule has 4 nitrogen and oxygen atoms in total. The van der Waals surface area contributed by atoms with Gasteiger partial charge in [-0.25, -0.2) is 0 Å². The van der Waals surface area contributed by atoms with Crippen LogP contribution in [0.2, 0.25) is 0 Å². The van der Waals surface area contributed by atoms with Gasteiger partial charge in [-0.3, -0.25) is 0 Å². The van der Waals surface area contributed by atoms with Gasteiger partial charge in [-0.15, -0.1) is 10.2 Å². The van der Waals surface area contributed by atoms with Crippen LogP contribution in [0.1, 0.15) is 57.2 Å². The average molecular weight is 251 g/mol. The predicted molar refractivity (Wildman–Crippen MR) is 71.4 cm³/mol. The lowest BCUT2D eigenvalue weighted by Crippen LogP contribution is -2.16. The summed E-state index contributed by atoms with van der Waals surface area (Å²) in [7, 11) is 0. The van der Waals surface area contributed by atoms with E-state index in [9.17, 15) is 0 Å². The SMILES string of the molecule is CCNCCc1nnc(CC2CCCCCC2)o1. The molecule has 0 saturated heterocycles. The molecule has 0 radical (unpaired) electrons. The van der Waals surface area contributed by atoms with Crippen molar-refractivity contribution in [2.75, 3.05) is 13.1 Å². The maximum atomic E-state index is 5.71. The predicted octanol–water partition coefficient (Wildman–Crippen LogP) is 2.73. The summed E-state index contributed by atoms with van der Waals surface area (Å²) in [5.74, 6) is 2.38. The second kappa shape index (κ2) is 7.52. The average Bonchev–Trinajstić information content (AvgIpc) is 2.65. The minimum Gasteiger partial charge on any atom is -0.425 e. The lowest BCUT2D eigenvalue weighted by atomic mass is 9.97. The van der Waals surface area contributed by atoms with Gasteiger partial charge in [-0.1, -0.05) is 32.6 Å². The number of rotatable bonds is 6. The van der Waals surface area contributed by atoms with Crippen LogP contribution in [0.3, 0.4) is 0 Å². The van der Waals surface area contributed by atoms with Crippen molar-refractivity contribution in [2.45, 2.75) is 58.3 Å². The fourth-order valence-corrected chi connectivity index (χ4v) is 2.66. The monoisotopic (exact) mass is 251 g/mol. The topological polar surface area (TPSA) is 51.0 Å². The molecular formula is C14H25N3O. The first kappa shape index (κ1) is 13.5. The molecule has 102 valence electrons. The van der Waals surface area contributed by atoms with Crippen LogP contribution in [0.4, 0.5) is 0 Å². The lowest BCUT2D eigenvalue weighted by molar-refractivity contribution is 0.379. The molecular weight excluding hydrogens is 226 g/mol. The Balaban J connectivity index is 1.78. The van der Waals surface area contributed by atoms with Crippen LogP contribution < -0.4 is 5.32 Å². The molecule has 0 amide bonds. The van der Waals surface area contributed by atoms with Crippen LogP contribution in [0.25, 0.3) is 0 Å². The molecule has 0 unspecified atom stereocenters. The van der Waals surface area contributed by atoms with Crippen molar-refractivity contribution in [3.05, 3.63) is 11.8 Å². The lowest BCUT2D eigenvalue weighted by Gasteiger charge is -2.10. The van der Waals surface area contributed by atoms with Crippen LogP contribution in [-0.4, -0.2) is 23.3 Å². The first-order chi connectivity index (χ1) is 8.88. The minimum atomic E-state index is 0.759. The molecule has 0 aliphatic heterocycles. The molecule has 1 fully saturated rings. The number of nitrogens with zero attached hydrogens (tertiary/aromatic N) is 2. The number of nitrogens with one attached hydrogen (secondary N) is 1. The highest BCUT2D eigenvalue weighted by atomic mass is 16.4. The molecule has 1 aromatic rings. The summed E-state index contributed by atoms with van der Waals surface area (Å²) >= 11 is 0. The summed E-state index contributed by atoms with van der Waals surface area (Å²) in [5, 5.41) is 11.6. The normalized spacial score (nSPS) is 17.8. The van der Waals surface area contributed by atoms with Gasteiger partial charge in [0, 0.05) is 19.4 Å². The Morgan fingerprint density at radius 3 is 2.56 bits per heavy atom. The van der Waals surface area contributed by atoms with E-state index in [0.717, 1.165) is 43.6 Å². The number of aromatic nitrogens is 2. The van der Waals surface area contributed by atoms with E-state index in [1.807, 2.05) is 0 Å². The van der Waals surface area contributed by atoms with Crippen LogP contribution in [-0.2, 0) is 12.8 Å². The molecule has 1 heterocycles. The molecule has 0 atom stereocenters. The second-order valence-electron chi connectivity index (χ2n) is 5.25. The van der Waals surface area contributed by atoms with E-state index in [-0.39, 0.29) is 0 Å². The highest BCUT2D eigenvalue weighted by Gasteiger charge is 2.16. The summed E-state index contributed by atoms with van der Waals surface area (Å²) in [6.07, 6.45) is 10.0. The van der Waals surface area contributed by atoms with Crippen molar-refractivity contribution in [1.29, 1.82) is 0 Å². The Hall–Kier alpha value is -0.900. The first-order valence-corrected chi connectivity index (χ1v) is 7.40. The molecule has 0 spiro atoms. The zero-order valence-corrected chi connectivity index (χ0v) is 11.5. The Kier molecular flexibility index (Phi) is 5.65. The van der Waals surface area contributed by atoms with E-state index in [1.54, 1.807) is 0 Å². The van der Waals surface area contributed by atoms with E-state index < -0.39 is 0 Å². The zero-order chi connectivity index (χ0) is 12.6. The van der Waals surface area contributed by atoms with Gasteiger partial charge in [-0.05, 0) is 25.3 Å². The Labute approximate surface area is 110 Å². The summed E-state index contributed by atoms with van der Waals surface area (Å²) < 4.78 is 5.71. The molecule has 18 heavy (non-hydrogen) atoms. The number of hydrogen-bond donors (Lipinski definition) is 1. The quantitative estimate of drug-likeness (QED) is 0.624. The van der Waals surface area contributed by atoms with E-state index >= 15 is 0 Å². The van der Waals surface area contributed by atoms with Crippen LogP contribution in [0, 0.1) is 5.92 Å². The second-order valence-corrected chi connectivity index (χ2v) is 5.25. The number of hydrogen-bond acceptors (Lipinski definition) is 4. The molecule has 1 aliphatic carbocycles. The number of likely N-dealkylation sites (N-methyl/N-ethyl adjacent to an activating group) is 1. The third kappa shape index (κ3) is 4.41. The van der Waals surface area contributed by atoms with E-state index in [4.69, 9.17) is 4.42 Å². The van der Waals surface area contributed by atoms with Crippen molar-refractivity contribution < 1.29 is 4.42 Å². The Morgan fingerprint density at radius 2 is 1.83 bits per heavy atom. The van der Waals surface area contributed by atoms with Crippen molar-refractivity contribution in [1.82, 2.24) is 15.5 Å². The van der Waals surface area contributed by atoms with Gasteiger partial charge in [0.25, 0.3) is 0 Å². The molecule has 1 saturated carbocycles. The minimum absolute atomic E-state index is 0.759. The fourth-order valence-electron chi connectivity index (χ4n) is 2.66. The highest BCUT2D eigenvalue weighted by molar-refractivity contribution is 4.85. The van der Waals surface area contributed by atoms with Crippen LogP contribution in [0.15, 0.2) is 4.42 Å². The van der Waals surface area contributed by atoms with Crippen LogP contribution >= 0.6 is 0 Å². The summed E-state index contributed by atoms with van der Waals surface area (Å²) in [6.45, 7) is 4.01. The summed E-state index contributed by atoms with van der Waals surface area (Å²) in [4.78, 5) is 0. The molecule has 2 rings (SSSR count). The maximum Gasteiger partial charge on any atom is 0.217 e. The summed E-state index contributed by atoms with van der Waals surface area (Å²) in [5.41, 5.74) is 0. The molecule has 1 aromatic heterocycles. The van der Waals surface area contributed by atoms with Crippen molar-refractivity contribution >= 4 is 0 Å². The summed E-state index contributed by atoms with van der Waals surface area (Å²) in [6, 6.07) is 0. The standard InChI is InChI=1S/C14H25N3O/c1-2-15-10-9-13-16-17-14(18-13)11-12-7-5-3-4-6-8-12/h12,15H,2-11H2,1H3. The smallest absolute Gasteiger partial charge is 0.217 e. The molecule has 0 aromatic carbocycles. The van der Waals surface area contributed by atoms with Gasteiger partial charge in [0.05, 0.1) is 0 Å². The van der Waals surface area contributed by atoms with Gasteiger partial charge in [0.1, 0.15) is 0 Å². The van der Waals surface area contributed by atoms with Crippen molar-refractivity contribution in [2.24, 2.45) is 5.92 Å². The van der Waals surface area contributed by atoms with Gasteiger partial charge in [-0.2, -0.15) is 0 Å². The molecule has 1 N–H and O–H groups in total. The van der Waals surface area contributed by atoms with Gasteiger partial charge in [0.15, 0.2) is 0 Å². The van der Waals surface area contributed by atoms with Gasteiger partial charge in [0.2, 0.25) is 11.8 Å². The molecule has 0 bridgehead atoms. The molecule has 1 aliphatic rings. The zero-order valence-electron chi connectivity index (χ0n) is 11.5.